The summed E-state index contributed by atoms with van der Waals surface area (Å²) in [5.41, 5.74) is 0.780. The van der Waals surface area contributed by atoms with Crippen molar-refractivity contribution < 1.29 is 27.2 Å². The Morgan fingerprint density at radius 2 is 1.92 bits per heavy atom. The monoisotopic (exact) mass is 363 g/mol. The first kappa shape index (κ1) is 11.7. The van der Waals surface area contributed by atoms with Gasteiger partial charge in [0.15, 0.2) is 0 Å². The topological polar surface area (TPSA) is 29.1 Å². The van der Waals surface area contributed by atoms with Crippen LogP contribution in [0.1, 0.15) is 0 Å². The van der Waals surface area contributed by atoms with Crippen molar-refractivity contribution in [3.63, 3.8) is 0 Å². The van der Waals surface area contributed by atoms with Gasteiger partial charge in [-0.25, -0.2) is 0 Å². The molecule has 0 fully saturated rings. The average Bonchev–Trinajstić information content (AvgIpc) is 2.06. The van der Waals surface area contributed by atoms with Crippen molar-refractivity contribution in [3.8, 4) is 0 Å². The van der Waals surface area contributed by atoms with Crippen LogP contribution in [0.25, 0.3) is 0 Å². The van der Waals surface area contributed by atoms with E-state index >= 15 is 0 Å². The summed E-state index contributed by atoms with van der Waals surface area (Å²) >= 11 is 3.71. The molecule has 0 saturated heterocycles. The van der Waals surface area contributed by atoms with E-state index in [1.807, 2.05) is 30.3 Å². The number of anilines is 1. The number of benzene rings is 1. The Bertz CT molecular complexity index is 240. The molecular weight excluding hydrogens is 355 g/mol. The summed E-state index contributed by atoms with van der Waals surface area (Å²) < 4.78 is 0. The molecule has 0 radical (unpaired) electrons. The molecule has 0 atom stereocenters. The van der Waals surface area contributed by atoms with E-state index in [1.54, 1.807) is 0 Å². The van der Waals surface area contributed by atoms with Crippen molar-refractivity contribution in [2.24, 2.45) is 0 Å². The van der Waals surface area contributed by atoms with Gasteiger partial charge in [0.2, 0.25) is 0 Å². The molecule has 0 saturated carbocycles. The Morgan fingerprint density at radius 1 is 1.33 bits per heavy atom. The minimum absolute atomic E-state index is 0. The van der Waals surface area contributed by atoms with Crippen LogP contribution in [0, 0.1) is 5.75 Å². The standard InChI is InChI=1S/C8H8NOS.Au/c10-8(6-11)9-7-4-2-1-3-5-7;/h1-6,11H,(H,9,10);/q-1;+1. The van der Waals surface area contributed by atoms with Crippen LogP contribution in [-0.2, 0) is 27.2 Å². The van der Waals surface area contributed by atoms with E-state index < -0.39 is 0 Å². The molecule has 1 amide bonds. The summed E-state index contributed by atoms with van der Waals surface area (Å²) in [4.78, 5) is 10.7. The number of hydrogen-bond acceptors (Lipinski definition) is 2. The summed E-state index contributed by atoms with van der Waals surface area (Å²) in [7, 11) is 0. The normalized spacial score (nSPS) is 8.08. The Balaban J connectivity index is 0.00000121. The average molecular weight is 363 g/mol. The van der Waals surface area contributed by atoms with Gasteiger partial charge in [-0.3, -0.25) is 5.75 Å². The second-order valence-corrected chi connectivity index (χ2v) is 2.24. The zero-order chi connectivity index (χ0) is 8.10. The van der Waals surface area contributed by atoms with Crippen LogP contribution < -0.4 is 5.32 Å². The number of thiol groups is 1. The van der Waals surface area contributed by atoms with Gasteiger partial charge in [0, 0.05) is 5.69 Å². The first-order chi connectivity index (χ1) is 5.33. The minimum Gasteiger partial charge on any atom is -0.351 e. The molecule has 0 aliphatic carbocycles. The number of rotatable bonds is 2. The predicted molar refractivity (Wildman–Crippen MR) is 48.4 cm³/mol. The third kappa shape index (κ3) is 3.88. The maximum atomic E-state index is 10.7. The number of carbonyl (C=O) groups is 1. The molecule has 0 bridgehead atoms. The first-order valence-electron chi connectivity index (χ1n) is 3.16. The number of amides is 1. The molecule has 0 aliphatic heterocycles. The van der Waals surface area contributed by atoms with Crippen LogP contribution in [0.15, 0.2) is 30.3 Å². The SMILES string of the molecule is O=C([CH-]S)Nc1ccccc1.[Au+]. The van der Waals surface area contributed by atoms with Crippen LogP contribution in [0.2, 0.25) is 0 Å². The van der Waals surface area contributed by atoms with Crippen LogP contribution in [0.4, 0.5) is 5.69 Å². The maximum Gasteiger partial charge on any atom is 1.00 e. The van der Waals surface area contributed by atoms with Crippen LogP contribution in [0.5, 0.6) is 0 Å². The van der Waals surface area contributed by atoms with Crippen molar-refractivity contribution in [1.82, 2.24) is 0 Å². The van der Waals surface area contributed by atoms with Crippen molar-refractivity contribution >= 4 is 24.2 Å². The zero-order valence-corrected chi connectivity index (χ0v) is 9.18. The van der Waals surface area contributed by atoms with Gasteiger partial charge in [-0.1, -0.05) is 18.2 Å². The molecule has 1 rings (SSSR count). The summed E-state index contributed by atoms with van der Waals surface area (Å²) in [5, 5.41) is 2.62. The Hall–Kier alpha value is -0.350. The van der Waals surface area contributed by atoms with Gasteiger partial charge in [0.25, 0.3) is 0 Å². The van der Waals surface area contributed by atoms with Gasteiger partial charge >= 0.3 is 22.4 Å². The number of carbonyl (C=O) groups excluding carboxylic acids is 1. The summed E-state index contributed by atoms with van der Waals surface area (Å²) in [5.74, 6) is 0.979. The third-order valence-electron chi connectivity index (χ3n) is 1.16. The van der Waals surface area contributed by atoms with Crippen LogP contribution in [-0.4, -0.2) is 5.91 Å². The van der Waals surface area contributed by atoms with Gasteiger partial charge in [-0.2, -0.15) is 0 Å². The van der Waals surface area contributed by atoms with Crippen molar-refractivity contribution in [2.45, 2.75) is 0 Å². The predicted octanol–water partition coefficient (Wildman–Crippen LogP) is 1.71. The van der Waals surface area contributed by atoms with Crippen molar-refractivity contribution in [1.29, 1.82) is 0 Å². The molecule has 1 aromatic rings. The Labute approximate surface area is 92.7 Å². The molecule has 0 unspecified atom stereocenters. The van der Waals surface area contributed by atoms with Crippen molar-refractivity contribution in [2.75, 3.05) is 5.32 Å². The number of nitrogens with one attached hydrogen (secondary N) is 1. The molecule has 0 heterocycles. The second kappa shape index (κ2) is 6.20. The van der Waals surface area contributed by atoms with Gasteiger partial charge in [0.05, 0.1) is 5.91 Å². The minimum atomic E-state index is -0.209. The Morgan fingerprint density at radius 3 is 2.42 bits per heavy atom. The molecule has 1 aromatic carbocycles. The fourth-order valence-corrected chi connectivity index (χ4v) is 0.761. The van der Waals surface area contributed by atoms with E-state index in [9.17, 15) is 4.79 Å². The fraction of sp³-hybridized carbons (Fsp3) is 0. The molecule has 0 aliphatic rings. The van der Waals surface area contributed by atoms with Crippen LogP contribution >= 0.6 is 12.6 Å². The largest absolute Gasteiger partial charge is 1.00 e. The first-order valence-corrected chi connectivity index (χ1v) is 3.68. The second-order valence-electron chi connectivity index (χ2n) is 1.98. The van der Waals surface area contributed by atoms with E-state index in [1.165, 1.54) is 5.75 Å². The molecule has 2 nitrogen and oxygen atoms in total. The smallest absolute Gasteiger partial charge is 0.351 e. The molecule has 12 heavy (non-hydrogen) atoms. The van der Waals surface area contributed by atoms with E-state index in [2.05, 4.69) is 17.9 Å². The van der Waals surface area contributed by atoms with E-state index in [4.69, 9.17) is 0 Å². The molecule has 0 spiro atoms. The van der Waals surface area contributed by atoms with E-state index in [0.29, 0.717) is 0 Å². The summed E-state index contributed by atoms with van der Waals surface area (Å²) in [6, 6.07) is 9.23. The summed E-state index contributed by atoms with van der Waals surface area (Å²) in [6.45, 7) is 0. The zero-order valence-electron chi connectivity index (χ0n) is 6.12. The quantitative estimate of drug-likeness (QED) is 0.468. The Kier molecular flexibility index (Phi) is 6.02. The van der Waals surface area contributed by atoms with Crippen LogP contribution in [0.3, 0.4) is 0 Å². The maximum absolute atomic E-state index is 10.7. The summed E-state index contributed by atoms with van der Waals surface area (Å²) in [6.07, 6.45) is 0. The number of hydrogen-bond donors (Lipinski definition) is 2. The third-order valence-corrected chi connectivity index (χ3v) is 1.39. The molecule has 68 valence electrons. The molecule has 0 aromatic heterocycles. The van der Waals surface area contributed by atoms with E-state index in [-0.39, 0.29) is 28.3 Å². The van der Waals surface area contributed by atoms with Crippen molar-refractivity contribution in [3.05, 3.63) is 36.1 Å². The number of para-hydroxylation sites is 1. The molecular formula is C8H8AuNOS. The fourth-order valence-electron chi connectivity index (χ4n) is 0.696. The molecule has 1 N–H and O–H groups in total. The molecule has 4 heteroatoms. The van der Waals surface area contributed by atoms with Gasteiger partial charge in [-0.15, -0.1) is 0 Å². The van der Waals surface area contributed by atoms with Gasteiger partial charge in [-0.05, 0) is 12.1 Å². The van der Waals surface area contributed by atoms with Gasteiger partial charge in [0.1, 0.15) is 0 Å². The van der Waals surface area contributed by atoms with E-state index in [0.717, 1.165) is 5.69 Å². The van der Waals surface area contributed by atoms with Gasteiger partial charge < -0.3 is 22.7 Å².